The van der Waals surface area contributed by atoms with Gasteiger partial charge in [0.1, 0.15) is 0 Å². The number of carbonyl (C=O) groups excluding carboxylic acids is 1. The van der Waals surface area contributed by atoms with Crippen molar-refractivity contribution in [1.82, 2.24) is 5.32 Å². The van der Waals surface area contributed by atoms with E-state index in [0.29, 0.717) is 28.7 Å². The fourth-order valence-corrected chi connectivity index (χ4v) is 2.75. The molecular formula is C18H16Cl2N2O2. The third-order valence-corrected chi connectivity index (χ3v) is 4.51. The summed E-state index contributed by atoms with van der Waals surface area (Å²) in [4.78, 5) is 17.4. The fourth-order valence-electron chi connectivity index (χ4n) is 2.45. The van der Waals surface area contributed by atoms with Gasteiger partial charge in [-0.1, -0.05) is 64.8 Å². The first-order chi connectivity index (χ1) is 11.6. The van der Waals surface area contributed by atoms with Crippen molar-refractivity contribution in [2.45, 2.75) is 18.9 Å². The standard InChI is InChI=1S/C18H16Cl2N2O2/c19-14-7-6-13(10-15(14)20)16-11-17(24-22-16)18(23)21-9-8-12-4-2-1-3-5-12/h1-7,10,17H,8-9,11H2,(H,21,23)/t17-/m0/s1. The van der Waals surface area contributed by atoms with Crippen LogP contribution in [0.5, 0.6) is 0 Å². The zero-order valence-electron chi connectivity index (χ0n) is 12.8. The third kappa shape index (κ3) is 4.08. The summed E-state index contributed by atoms with van der Waals surface area (Å²) in [5.74, 6) is -0.162. The third-order valence-electron chi connectivity index (χ3n) is 3.77. The van der Waals surface area contributed by atoms with Gasteiger partial charge in [-0.15, -0.1) is 0 Å². The van der Waals surface area contributed by atoms with Crippen LogP contribution in [0, 0.1) is 0 Å². The van der Waals surface area contributed by atoms with Gasteiger partial charge in [-0.3, -0.25) is 4.79 Å². The molecule has 24 heavy (non-hydrogen) atoms. The number of oxime groups is 1. The molecule has 0 saturated carbocycles. The first-order valence-electron chi connectivity index (χ1n) is 7.63. The van der Waals surface area contributed by atoms with Gasteiger partial charge in [0.05, 0.1) is 15.8 Å². The maximum Gasteiger partial charge on any atom is 0.264 e. The molecule has 0 aliphatic carbocycles. The van der Waals surface area contributed by atoms with Gasteiger partial charge in [0, 0.05) is 18.5 Å². The Kier molecular flexibility index (Phi) is 5.38. The van der Waals surface area contributed by atoms with Gasteiger partial charge in [0.25, 0.3) is 5.91 Å². The molecule has 0 bridgehead atoms. The molecule has 6 heteroatoms. The molecule has 3 rings (SSSR count). The summed E-state index contributed by atoms with van der Waals surface area (Å²) in [7, 11) is 0. The van der Waals surface area contributed by atoms with Crippen molar-refractivity contribution < 1.29 is 9.63 Å². The SMILES string of the molecule is O=C(NCCc1ccccc1)[C@@H]1CC(c2ccc(Cl)c(Cl)c2)=NO1. The minimum absolute atomic E-state index is 0.162. The van der Waals surface area contributed by atoms with E-state index in [4.69, 9.17) is 28.0 Å². The van der Waals surface area contributed by atoms with E-state index in [2.05, 4.69) is 10.5 Å². The molecule has 0 fully saturated rings. The molecule has 1 aliphatic heterocycles. The van der Waals surface area contributed by atoms with E-state index < -0.39 is 6.10 Å². The summed E-state index contributed by atoms with van der Waals surface area (Å²) in [6, 6.07) is 15.2. The Morgan fingerprint density at radius 1 is 1.17 bits per heavy atom. The predicted molar refractivity (Wildman–Crippen MR) is 95.6 cm³/mol. The van der Waals surface area contributed by atoms with E-state index in [-0.39, 0.29) is 5.91 Å². The molecule has 124 valence electrons. The molecule has 1 aliphatic rings. The molecule has 1 N–H and O–H groups in total. The Labute approximate surface area is 150 Å². The Hall–Kier alpha value is -2.04. The molecule has 0 aromatic heterocycles. The summed E-state index contributed by atoms with van der Waals surface area (Å²) >= 11 is 11.9. The Morgan fingerprint density at radius 3 is 2.71 bits per heavy atom. The van der Waals surface area contributed by atoms with E-state index in [1.54, 1.807) is 12.1 Å². The highest BCUT2D eigenvalue weighted by Crippen LogP contribution is 2.25. The van der Waals surface area contributed by atoms with Crippen molar-refractivity contribution in [2.75, 3.05) is 6.54 Å². The lowest BCUT2D eigenvalue weighted by atomic mass is 10.0. The maximum absolute atomic E-state index is 12.2. The zero-order chi connectivity index (χ0) is 16.9. The summed E-state index contributed by atoms with van der Waals surface area (Å²) in [6.07, 6.45) is 0.583. The summed E-state index contributed by atoms with van der Waals surface area (Å²) in [5, 5.41) is 7.81. The van der Waals surface area contributed by atoms with E-state index in [0.717, 1.165) is 12.0 Å². The fraction of sp³-hybridized carbons (Fsp3) is 0.222. The maximum atomic E-state index is 12.2. The Balaban J connectivity index is 1.50. The van der Waals surface area contributed by atoms with Gasteiger partial charge < -0.3 is 10.2 Å². The lowest BCUT2D eigenvalue weighted by Gasteiger charge is -2.09. The van der Waals surface area contributed by atoms with Crippen LogP contribution in [0.25, 0.3) is 0 Å². The number of carbonyl (C=O) groups is 1. The van der Waals surface area contributed by atoms with Gasteiger partial charge in [0.15, 0.2) is 0 Å². The van der Waals surface area contributed by atoms with Crippen LogP contribution < -0.4 is 5.32 Å². The molecule has 1 heterocycles. The number of amides is 1. The lowest BCUT2D eigenvalue weighted by molar-refractivity contribution is -0.131. The first kappa shape index (κ1) is 16.8. The molecular weight excluding hydrogens is 347 g/mol. The number of benzene rings is 2. The molecule has 2 aromatic rings. The minimum Gasteiger partial charge on any atom is -0.382 e. The number of hydrogen-bond donors (Lipinski definition) is 1. The zero-order valence-corrected chi connectivity index (χ0v) is 14.3. The molecule has 0 unspecified atom stereocenters. The van der Waals surface area contributed by atoms with Gasteiger partial charge in [-0.05, 0) is 24.1 Å². The second-order valence-corrected chi connectivity index (χ2v) is 6.31. The molecule has 0 saturated heterocycles. The normalized spacial score (nSPS) is 16.4. The second kappa shape index (κ2) is 7.69. The highest BCUT2D eigenvalue weighted by Gasteiger charge is 2.28. The average Bonchev–Trinajstić information content (AvgIpc) is 3.08. The topological polar surface area (TPSA) is 50.7 Å². The van der Waals surface area contributed by atoms with Crippen LogP contribution in [0.4, 0.5) is 0 Å². The largest absolute Gasteiger partial charge is 0.382 e. The van der Waals surface area contributed by atoms with Crippen molar-refractivity contribution in [2.24, 2.45) is 5.16 Å². The Morgan fingerprint density at radius 2 is 1.96 bits per heavy atom. The highest BCUT2D eigenvalue weighted by molar-refractivity contribution is 6.42. The lowest BCUT2D eigenvalue weighted by Crippen LogP contribution is -2.36. The van der Waals surface area contributed by atoms with Crippen LogP contribution in [-0.4, -0.2) is 24.3 Å². The Bertz CT molecular complexity index is 763. The van der Waals surface area contributed by atoms with E-state index in [1.165, 1.54) is 5.56 Å². The van der Waals surface area contributed by atoms with Crippen molar-refractivity contribution in [3.63, 3.8) is 0 Å². The molecule has 4 nitrogen and oxygen atoms in total. The van der Waals surface area contributed by atoms with Crippen molar-refractivity contribution in [3.05, 3.63) is 69.7 Å². The smallest absolute Gasteiger partial charge is 0.264 e. The van der Waals surface area contributed by atoms with Gasteiger partial charge >= 0.3 is 0 Å². The van der Waals surface area contributed by atoms with Crippen LogP contribution in [0.15, 0.2) is 53.7 Å². The second-order valence-electron chi connectivity index (χ2n) is 5.49. The average molecular weight is 363 g/mol. The summed E-state index contributed by atoms with van der Waals surface area (Å²) in [5.41, 5.74) is 2.68. The van der Waals surface area contributed by atoms with Gasteiger partial charge in [0.2, 0.25) is 6.10 Å². The van der Waals surface area contributed by atoms with Crippen molar-refractivity contribution >= 4 is 34.8 Å². The minimum atomic E-state index is -0.606. The summed E-state index contributed by atoms with van der Waals surface area (Å²) in [6.45, 7) is 0.560. The molecule has 0 spiro atoms. The van der Waals surface area contributed by atoms with Crippen LogP contribution in [0.3, 0.4) is 0 Å². The van der Waals surface area contributed by atoms with Crippen LogP contribution in [0.2, 0.25) is 10.0 Å². The molecule has 0 radical (unpaired) electrons. The van der Waals surface area contributed by atoms with Crippen LogP contribution >= 0.6 is 23.2 Å². The first-order valence-corrected chi connectivity index (χ1v) is 8.39. The predicted octanol–water partition coefficient (Wildman–Crippen LogP) is 3.85. The van der Waals surface area contributed by atoms with Crippen molar-refractivity contribution in [3.8, 4) is 0 Å². The monoisotopic (exact) mass is 362 g/mol. The number of halogens is 2. The number of hydrogen-bond acceptors (Lipinski definition) is 3. The molecule has 2 aromatic carbocycles. The number of nitrogens with zero attached hydrogens (tertiary/aromatic N) is 1. The molecule has 1 atom stereocenters. The van der Waals surface area contributed by atoms with E-state index in [9.17, 15) is 4.79 Å². The van der Waals surface area contributed by atoms with Crippen LogP contribution in [-0.2, 0) is 16.1 Å². The quantitative estimate of drug-likeness (QED) is 0.878. The van der Waals surface area contributed by atoms with Crippen LogP contribution in [0.1, 0.15) is 17.5 Å². The van der Waals surface area contributed by atoms with E-state index in [1.807, 2.05) is 36.4 Å². The van der Waals surface area contributed by atoms with E-state index >= 15 is 0 Å². The van der Waals surface area contributed by atoms with Gasteiger partial charge in [-0.2, -0.15) is 0 Å². The van der Waals surface area contributed by atoms with Gasteiger partial charge in [-0.25, -0.2) is 0 Å². The number of nitrogens with one attached hydrogen (secondary N) is 1. The highest BCUT2D eigenvalue weighted by atomic mass is 35.5. The molecule has 1 amide bonds. The number of rotatable bonds is 5. The summed E-state index contributed by atoms with van der Waals surface area (Å²) < 4.78 is 0. The van der Waals surface area contributed by atoms with Crippen molar-refractivity contribution in [1.29, 1.82) is 0 Å².